The number of nitrogens with two attached hydrogens (primary N) is 1. The molecule has 1 saturated carbocycles. The molecule has 5 N–H and O–H groups in total. The van der Waals surface area contributed by atoms with Crippen molar-refractivity contribution in [2.45, 2.75) is 153 Å². The molecule has 12 nitrogen and oxygen atoms in total. The molecule has 0 aromatic heterocycles. The summed E-state index contributed by atoms with van der Waals surface area (Å²) in [6.07, 6.45) is 12.0. The SMILES string of the molecule is CCCCCCCCCCCCCC(=O)N[C@H](CC(N)=O)C(=O)N[C@@H](C)CCC(=O)CC(=O)NC1(C(=O)CC(=O)[O-])CC1. The Balaban J connectivity index is 2.33. The highest BCUT2D eigenvalue weighted by Gasteiger charge is 2.50. The van der Waals surface area contributed by atoms with Gasteiger partial charge >= 0.3 is 0 Å². The molecule has 1 fully saturated rings. The number of carbonyl (C=O) groups excluding carboxylic acids is 7. The lowest BCUT2D eigenvalue weighted by atomic mass is 10.0. The molecule has 1 rings (SSSR count). The summed E-state index contributed by atoms with van der Waals surface area (Å²) in [5, 5.41) is 18.4. The summed E-state index contributed by atoms with van der Waals surface area (Å²) >= 11 is 0. The van der Waals surface area contributed by atoms with Crippen molar-refractivity contribution < 1.29 is 38.7 Å². The van der Waals surface area contributed by atoms with E-state index in [1.807, 2.05) is 0 Å². The van der Waals surface area contributed by atoms with Crippen LogP contribution in [-0.4, -0.2) is 58.8 Å². The highest BCUT2D eigenvalue weighted by molar-refractivity contribution is 6.05. The van der Waals surface area contributed by atoms with E-state index in [4.69, 9.17) is 5.73 Å². The van der Waals surface area contributed by atoms with Crippen molar-refractivity contribution in [3.05, 3.63) is 0 Å². The lowest BCUT2D eigenvalue weighted by molar-refractivity contribution is -0.304. The van der Waals surface area contributed by atoms with E-state index in [0.717, 1.165) is 19.3 Å². The molecule has 0 aliphatic heterocycles. The van der Waals surface area contributed by atoms with E-state index in [1.165, 1.54) is 44.9 Å². The number of unbranched alkanes of at least 4 members (excludes halogenated alkanes) is 10. The number of aliphatic carboxylic acids is 1. The smallest absolute Gasteiger partial charge is 0.243 e. The molecular formula is C31H51N4O8-. The second-order valence-corrected chi connectivity index (χ2v) is 11.8. The number of rotatable bonds is 26. The number of carboxylic acid groups (broad SMARTS) is 1. The quantitative estimate of drug-likeness (QED) is 0.0838. The molecule has 0 radical (unpaired) electrons. The van der Waals surface area contributed by atoms with E-state index in [1.54, 1.807) is 6.92 Å². The fourth-order valence-corrected chi connectivity index (χ4v) is 4.90. The summed E-state index contributed by atoms with van der Waals surface area (Å²) in [4.78, 5) is 83.8. The minimum Gasteiger partial charge on any atom is -0.550 e. The Morgan fingerprint density at radius 2 is 1.33 bits per heavy atom. The van der Waals surface area contributed by atoms with Crippen LogP contribution in [0.3, 0.4) is 0 Å². The van der Waals surface area contributed by atoms with Gasteiger partial charge in [-0.05, 0) is 32.6 Å². The zero-order valence-corrected chi connectivity index (χ0v) is 25.9. The third kappa shape index (κ3) is 17.4. The molecule has 0 aromatic carbocycles. The molecule has 1 aliphatic carbocycles. The van der Waals surface area contributed by atoms with Crippen molar-refractivity contribution in [2.24, 2.45) is 5.73 Å². The van der Waals surface area contributed by atoms with Crippen LogP contribution in [0.4, 0.5) is 0 Å². The highest BCUT2D eigenvalue weighted by atomic mass is 16.4. The summed E-state index contributed by atoms with van der Waals surface area (Å²) in [5.41, 5.74) is 4.05. The van der Waals surface area contributed by atoms with Gasteiger partial charge in [-0.1, -0.05) is 71.1 Å². The molecule has 0 spiro atoms. The number of ketones is 2. The van der Waals surface area contributed by atoms with Gasteiger partial charge in [-0.15, -0.1) is 0 Å². The maximum absolute atomic E-state index is 12.7. The first-order valence-corrected chi connectivity index (χ1v) is 15.8. The maximum Gasteiger partial charge on any atom is 0.243 e. The first kappa shape index (κ1) is 37.7. The molecule has 0 heterocycles. The van der Waals surface area contributed by atoms with Crippen LogP contribution in [-0.2, 0) is 33.6 Å². The third-order valence-corrected chi connectivity index (χ3v) is 7.63. The van der Waals surface area contributed by atoms with Gasteiger partial charge in [0.15, 0.2) is 5.78 Å². The molecule has 12 heteroatoms. The zero-order valence-electron chi connectivity index (χ0n) is 25.9. The van der Waals surface area contributed by atoms with Gasteiger partial charge < -0.3 is 31.6 Å². The predicted molar refractivity (Wildman–Crippen MR) is 158 cm³/mol. The van der Waals surface area contributed by atoms with E-state index in [9.17, 15) is 38.7 Å². The summed E-state index contributed by atoms with van der Waals surface area (Å²) < 4.78 is 0. The van der Waals surface area contributed by atoms with Gasteiger partial charge in [0.1, 0.15) is 11.8 Å². The average molecular weight is 608 g/mol. The van der Waals surface area contributed by atoms with Gasteiger partial charge in [-0.25, -0.2) is 0 Å². The average Bonchev–Trinajstić information content (AvgIpc) is 3.70. The standard InChI is InChI=1S/C31H52N4O8/c1-3-4-5-6-7-8-9-10-11-12-13-14-27(39)34-24(20-26(32)38)30(43)33-22(2)15-16-23(36)19-28(40)35-31(17-18-31)25(37)21-29(41)42/h22,24H,3-21H2,1-2H3,(H2,32,38)(H,33,43)(H,34,39)(H,35,40)(H,41,42)/p-1/t22-,24+/m0/s1. The van der Waals surface area contributed by atoms with Crippen molar-refractivity contribution in [2.75, 3.05) is 0 Å². The van der Waals surface area contributed by atoms with E-state index in [-0.39, 0.29) is 31.6 Å². The van der Waals surface area contributed by atoms with Gasteiger partial charge in [0, 0.05) is 31.3 Å². The molecule has 0 aromatic rings. The van der Waals surface area contributed by atoms with Crippen LogP contribution in [0.15, 0.2) is 0 Å². The molecule has 43 heavy (non-hydrogen) atoms. The molecule has 0 unspecified atom stereocenters. The first-order chi connectivity index (χ1) is 20.4. The molecule has 2 atom stereocenters. The van der Waals surface area contributed by atoms with E-state index in [0.29, 0.717) is 19.3 Å². The Hall–Kier alpha value is -3.31. The van der Waals surface area contributed by atoms with Crippen molar-refractivity contribution in [1.82, 2.24) is 16.0 Å². The molecule has 1 aliphatic rings. The fraction of sp³-hybridized carbons (Fsp3) is 0.774. The second-order valence-electron chi connectivity index (χ2n) is 11.8. The molecule has 0 saturated heterocycles. The van der Waals surface area contributed by atoms with E-state index < -0.39 is 65.7 Å². The Morgan fingerprint density at radius 3 is 1.84 bits per heavy atom. The lowest BCUT2D eigenvalue weighted by Crippen LogP contribution is -2.50. The minimum absolute atomic E-state index is 0.0411. The van der Waals surface area contributed by atoms with Crippen LogP contribution >= 0.6 is 0 Å². The van der Waals surface area contributed by atoms with Gasteiger partial charge in [-0.2, -0.15) is 0 Å². The number of primary amides is 1. The first-order valence-electron chi connectivity index (χ1n) is 15.8. The second kappa shape index (κ2) is 20.6. The summed E-state index contributed by atoms with van der Waals surface area (Å²) in [7, 11) is 0. The van der Waals surface area contributed by atoms with Crippen LogP contribution in [0.25, 0.3) is 0 Å². The lowest BCUT2D eigenvalue weighted by Gasteiger charge is -2.20. The summed E-state index contributed by atoms with van der Waals surface area (Å²) in [5.74, 6) is -4.94. The van der Waals surface area contributed by atoms with E-state index >= 15 is 0 Å². The fourth-order valence-electron chi connectivity index (χ4n) is 4.90. The normalized spacial score (nSPS) is 14.7. The largest absolute Gasteiger partial charge is 0.550 e. The van der Waals surface area contributed by atoms with Crippen molar-refractivity contribution in [3.8, 4) is 0 Å². The van der Waals surface area contributed by atoms with Crippen molar-refractivity contribution in [3.63, 3.8) is 0 Å². The van der Waals surface area contributed by atoms with Crippen LogP contribution in [0, 0.1) is 0 Å². The molecule has 4 amide bonds. The van der Waals surface area contributed by atoms with Crippen LogP contribution in [0.5, 0.6) is 0 Å². The molecule has 0 bridgehead atoms. The zero-order chi connectivity index (χ0) is 32.3. The van der Waals surface area contributed by atoms with Gasteiger partial charge in [0.05, 0.1) is 18.4 Å². The predicted octanol–water partition coefficient (Wildman–Crippen LogP) is 1.65. The number of carbonyl (C=O) groups is 7. The van der Waals surface area contributed by atoms with Gasteiger partial charge in [-0.3, -0.25) is 28.8 Å². The number of hydrogen-bond acceptors (Lipinski definition) is 8. The Morgan fingerprint density at radius 1 is 0.767 bits per heavy atom. The third-order valence-electron chi connectivity index (χ3n) is 7.63. The Labute approximate surface area is 255 Å². The summed E-state index contributed by atoms with van der Waals surface area (Å²) in [6, 6.07) is -1.63. The van der Waals surface area contributed by atoms with Gasteiger partial charge in [0.25, 0.3) is 0 Å². The van der Waals surface area contributed by atoms with Gasteiger partial charge in [0.2, 0.25) is 23.6 Å². The molecule has 244 valence electrons. The van der Waals surface area contributed by atoms with Crippen LogP contribution in [0.2, 0.25) is 0 Å². The maximum atomic E-state index is 12.7. The van der Waals surface area contributed by atoms with Crippen molar-refractivity contribution in [1.29, 1.82) is 0 Å². The Bertz CT molecular complexity index is 963. The number of amides is 4. The summed E-state index contributed by atoms with van der Waals surface area (Å²) in [6.45, 7) is 3.86. The monoisotopic (exact) mass is 607 g/mol. The van der Waals surface area contributed by atoms with Crippen LogP contribution in [0.1, 0.15) is 136 Å². The Kier molecular flexibility index (Phi) is 18.0. The number of hydrogen-bond donors (Lipinski definition) is 4. The number of Topliss-reactive ketones (excluding diaryl/α,β-unsaturated/α-hetero) is 2. The molecular weight excluding hydrogens is 556 g/mol. The van der Waals surface area contributed by atoms with Crippen LogP contribution < -0.4 is 26.8 Å². The highest BCUT2D eigenvalue weighted by Crippen LogP contribution is 2.37. The minimum atomic E-state index is -1.53. The number of carboxylic acids is 1. The number of nitrogens with one attached hydrogen (secondary N) is 3. The van der Waals surface area contributed by atoms with E-state index in [2.05, 4.69) is 22.9 Å². The topological polar surface area (TPSA) is 205 Å². The van der Waals surface area contributed by atoms with Crippen molar-refractivity contribution >= 4 is 41.2 Å².